The Morgan fingerprint density at radius 1 is 1.33 bits per heavy atom. The molecule has 0 aromatic rings. The molecule has 0 aliphatic rings. The predicted octanol–water partition coefficient (Wildman–Crippen LogP) is 0.162. The fourth-order valence-electron chi connectivity index (χ4n) is 1.07. The van der Waals surface area contributed by atoms with Crippen molar-refractivity contribution < 1.29 is 9.90 Å². The molecule has 0 aliphatic heterocycles. The van der Waals surface area contributed by atoms with Gasteiger partial charge >= 0.3 is 5.97 Å². The number of carboxylic acid groups (broad SMARTS) is 1. The summed E-state index contributed by atoms with van der Waals surface area (Å²) in [5, 5.41) is 8.43. The number of nitrogens with two attached hydrogens (primary N) is 2. The molecule has 5 N–H and O–H groups in total. The van der Waals surface area contributed by atoms with Crippen LogP contribution in [0, 0.1) is 5.92 Å². The minimum Gasteiger partial charge on any atom is -0.481 e. The van der Waals surface area contributed by atoms with Crippen molar-refractivity contribution in [1.82, 2.24) is 0 Å². The first-order chi connectivity index (χ1) is 5.43. The van der Waals surface area contributed by atoms with Crippen molar-refractivity contribution in [3.8, 4) is 0 Å². The van der Waals surface area contributed by atoms with Crippen molar-refractivity contribution in [2.45, 2.75) is 38.8 Å². The number of hydrogen-bond donors (Lipinski definition) is 3. The van der Waals surface area contributed by atoms with E-state index in [2.05, 4.69) is 0 Å². The van der Waals surface area contributed by atoms with Gasteiger partial charge in [-0.05, 0) is 12.3 Å². The normalized spacial score (nSPS) is 16.1. The molecule has 0 radical (unpaired) electrons. The van der Waals surface area contributed by atoms with Crippen LogP contribution in [-0.2, 0) is 4.79 Å². The Kier molecular flexibility index (Phi) is 4.85. The van der Waals surface area contributed by atoms with Crippen LogP contribution in [0.3, 0.4) is 0 Å². The zero-order valence-corrected chi connectivity index (χ0v) is 7.66. The SMILES string of the molecule is CC(C)CC(N)C(N)CC(=O)O. The first-order valence-electron chi connectivity index (χ1n) is 4.16. The van der Waals surface area contributed by atoms with E-state index in [1.807, 2.05) is 13.8 Å². The quantitative estimate of drug-likeness (QED) is 0.554. The van der Waals surface area contributed by atoms with Crippen LogP contribution in [0.2, 0.25) is 0 Å². The van der Waals surface area contributed by atoms with Gasteiger partial charge in [0.25, 0.3) is 0 Å². The largest absolute Gasteiger partial charge is 0.481 e. The van der Waals surface area contributed by atoms with Gasteiger partial charge in [-0.2, -0.15) is 0 Å². The van der Waals surface area contributed by atoms with E-state index in [9.17, 15) is 4.79 Å². The highest BCUT2D eigenvalue weighted by Gasteiger charge is 2.17. The van der Waals surface area contributed by atoms with Gasteiger partial charge in [-0.1, -0.05) is 13.8 Å². The highest BCUT2D eigenvalue weighted by atomic mass is 16.4. The summed E-state index contributed by atoms with van der Waals surface area (Å²) in [7, 11) is 0. The highest BCUT2D eigenvalue weighted by Crippen LogP contribution is 2.06. The lowest BCUT2D eigenvalue weighted by Crippen LogP contribution is -2.43. The van der Waals surface area contributed by atoms with Crippen LogP contribution in [0.5, 0.6) is 0 Å². The zero-order valence-electron chi connectivity index (χ0n) is 7.66. The van der Waals surface area contributed by atoms with Crippen molar-refractivity contribution in [3.05, 3.63) is 0 Å². The van der Waals surface area contributed by atoms with Crippen LogP contribution in [0.1, 0.15) is 26.7 Å². The van der Waals surface area contributed by atoms with Gasteiger partial charge in [0.15, 0.2) is 0 Å². The molecule has 0 aliphatic carbocycles. The summed E-state index contributed by atoms with van der Waals surface area (Å²) in [5.41, 5.74) is 11.2. The number of carboxylic acids is 1. The van der Waals surface area contributed by atoms with Gasteiger partial charge in [0.1, 0.15) is 0 Å². The molecule has 0 bridgehead atoms. The zero-order chi connectivity index (χ0) is 9.72. The average molecular weight is 174 g/mol. The van der Waals surface area contributed by atoms with Crippen molar-refractivity contribution in [2.75, 3.05) is 0 Å². The third-order valence-electron chi connectivity index (χ3n) is 1.70. The van der Waals surface area contributed by atoms with Crippen LogP contribution in [0.4, 0.5) is 0 Å². The summed E-state index contributed by atoms with van der Waals surface area (Å²) in [4.78, 5) is 10.3. The molecule has 2 atom stereocenters. The Labute approximate surface area is 72.9 Å². The van der Waals surface area contributed by atoms with Gasteiger partial charge < -0.3 is 16.6 Å². The maximum absolute atomic E-state index is 10.3. The fraction of sp³-hybridized carbons (Fsp3) is 0.875. The molecule has 0 aromatic carbocycles. The molecular formula is C8H18N2O2. The monoisotopic (exact) mass is 174 g/mol. The summed E-state index contributed by atoms with van der Waals surface area (Å²) < 4.78 is 0. The predicted molar refractivity (Wildman–Crippen MR) is 47.7 cm³/mol. The second-order valence-electron chi connectivity index (χ2n) is 3.56. The molecule has 0 amide bonds. The van der Waals surface area contributed by atoms with Gasteiger partial charge in [0, 0.05) is 12.1 Å². The van der Waals surface area contributed by atoms with Crippen LogP contribution < -0.4 is 11.5 Å². The molecule has 0 saturated heterocycles. The van der Waals surface area contributed by atoms with E-state index in [1.165, 1.54) is 0 Å². The second-order valence-corrected chi connectivity index (χ2v) is 3.56. The Bertz CT molecular complexity index is 148. The standard InChI is InChI=1S/C8H18N2O2/c1-5(2)3-6(9)7(10)4-8(11)12/h5-7H,3-4,9-10H2,1-2H3,(H,11,12). The summed E-state index contributed by atoms with van der Waals surface area (Å²) >= 11 is 0. The molecule has 4 nitrogen and oxygen atoms in total. The smallest absolute Gasteiger partial charge is 0.304 e. The Morgan fingerprint density at radius 2 is 1.83 bits per heavy atom. The minimum atomic E-state index is -0.887. The van der Waals surface area contributed by atoms with E-state index in [0.29, 0.717) is 5.92 Å². The molecule has 12 heavy (non-hydrogen) atoms. The van der Waals surface area contributed by atoms with Crippen molar-refractivity contribution in [2.24, 2.45) is 17.4 Å². The summed E-state index contributed by atoms with van der Waals surface area (Å²) in [6, 6.07) is -0.633. The van der Waals surface area contributed by atoms with E-state index in [1.54, 1.807) is 0 Å². The van der Waals surface area contributed by atoms with Crippen LogP contribution >= 0.6 is 0 Å². The number of rotatable bonds is 5. The van der Waals surface area contributed by atoms with Crippen molar-refractivity contribution in [1.29, 1.82) is 0 Å². The number of hydrogen-bond acceptors (Lipinski definition) is 3. The van der Waals surface area contributed by atoms with Gasteiger partial charge in [-0.15, -0.1) is 0 Å². The third kappa shape index (κ3) is 5.09. The molecular weight excluding hydrogens is 156 g/mol. The minimum absolute atomic E-state index is 0.0477. The molecule has 72 valence electrons. The Balaban J connectivity index is 3.76. The van der Waals surface area contributed by atoms with E-state index < -0.39 is 12.0 Å². The second kappa shape index (κ2) is 5.11. The molecule has 0 aromatic heterocycles. The fourth-order valence-corrected chi connectivity index (χ4v) is 1.07. The van der Waals surface area contributed by atoms with E-state index in [-0.39, 0.29) is 12.5 Å². The van der Waals surface area contributed by atoms with Crippen molar-refractivity contribution >= 4 is 5.97 Å². The number of aliphatic carboxylic acids is 1. The van der Waals surface area contributed by atoms with Crippen LogP contribution in [0.25, 0.3) is 0 Å². The Morgan fingerprint density at radius 3 is 2.17 bits per heavy atom. The van der Waals surface area contributed by atoms with Crippen molar-refractivity contribution in [3.63, 3.8) is 0 Å². The summed E-state index contributed by atoms with van der Waals surface area (Å²) in [5.74, 6) is -0.429. The summed E-state index contributed by atoms with van der Waals surface area (Å²) in [6.07, 6.45) is 0.725. The lowest BCUT2D eigenvalue weighted by Gasteiger charge is -2.19. The molecule has 4 heteroatoms. The average Bonchev–Trinajstić information content (AvgIpc) is 1.84. The van der Waals surface area contributed by atoms with E-state index in [4.69, 9.17) is 16.6 Å². The van der Waals surface area contributed by atoms with Crippen LogP contribution in [0.15, 0.2) is 0 Å². The highest BCUT2D eigenvalue weighted by molar-refractivity contribution is 5.67. The molecule has 0 saturated carbocycles. The molecule has 0 fully saturated rings. The first-order valence-corrected chi connectivity index (χ1v) is 4.16. The summed E-state index contributed by atoms with van der Waals surface area (Å²) in [6.45, 7) is 4.07. The van der Waals surface area contributed by atoms with Gasteiger partial charge in [-0.25, -0.2) is 0 Å². The maximum Gasteiger partial charge on any atom is 0.304 e. The third-order valence-corrected chi connectivity index (χ3v) is 1.70. The van der Waals surface area contributed by atoms with Gasteiger partial charge in [0.2, 0.25) is 0 Å². The first kappa shape index (κ1) is 11.4. The van der Waals surface area contributed by atoms with Crippen LogP contribution in [-0.4, -0.2) is 23.2 Å². The maximum atomic E-state index is 10.3. The Hall–Kier alpha value is -0.610. The van der Waals surface area contributed by atoms with E-state index >= 15 is 0 Å². The molecule has 2 unspecified atom stereocenters. The van der Waals surface area contributed by atoms with E-state index in [0.717, 1.165) is 6.42 Å². The van der Waals surface area contributed by atoms with Gasteiger partial charge in [-0.3, -0.25) is 4.79 Å². The lowest BCUT2D eigenvalue weighted by atomic mass is 9.97. The number of carbonyl (C=O) groups is 1. The van der Waals surface area contributed by atoms with Gasteiger partial charge in [0.05, 0.1) is 6.42 Å². The topological polar surface area (TPSA) is 89.3 Å². The molecule has 0 heterocycles. The molecule has 0 rings (SSSR count). The molecule has 0 spiro atoms. The lowest BCUT2D eigenvalue weighted by molar-refractivity contribution is -0.137.